The molecule has 0 atom stereocenters. The van der Waals surface area contributed by atoms with E-state index in [2.05, 4.69) is 27.2 Å². The van der Waals surface area contributed by atoms with Crippen molar-refractivity contribution in [1.82, 2.24) is 9.97 Å². The maximum atomic E-state index is 4.46. The van der Waals surface area contributed by atoms with Gasteiger partial charge in [-0.15, -0.1) is 11.3 Å². The number of aryl methyl sites for hydroxylation is 1. The Labute approximate surface area is 103 Å². The Bertz CT molecular complexity index is 503. The maximum absolute atomic E-state index is 4.46. The van der Waals surface area contributed by atoms with Crippen molar-refractivity contribution in [3.05, 3.63) is 17.3 Å². The minimum Gasteiger partial charge on any atom is -0.354 e. The van der Waals surface area contributed by atoms with E-state index in [1.165, 1.54) is 21.8 Å². The standard InChI is InChI=1S/C11H13N3S2/c1-8-6-16-10-9(8)12-7-13-11(10)14-2-4-15-5-3-14/h6-7H,2-5H2,1H3. The lowest BCUT2D eigenvalue weighted by Crippen LogP contribution is -2.33. The summed E-state index contributed by atoms with van der Waals surface area (Å²) in [5.74, 6) is 3.54. The van der Waals surface area contributed by atoms with Gasteiger partial charge in [-0.25, -0.2) is 9.97 Å². The molecular formula is C11H13N3S2. The Balaban J connectivity index is 2.08. The van der Waals surface area contributed by atoms with Crippen molar-refractivity contribution in [3.63, 3.8) is 0 Å². The zero-order valence-corrected chi connectivity index (χ0v) is 10.8. The second kappa shape index (κ2) is 4.22. The molecule has 0 amide bonds. The summed E-state index contributed by atoms with van der Waals surface area (Å²) in [5, 5.41) is 2.17. The van der Waals surface area contributed by atoms with Crippen LogP contribution in [0, 0.1) is 6.92 Å². The highest BCUT2D eigenvalue weighted by atomic mass is 32.2. The van der Waals surface area contributed by atoms with E-state index in [0.29, 0.717) is 0 Å². The van der Waals surface area contributed by atoms with Gasteiger partial charge >= 0.3 is 0 Å². The zero-order valence-electron chi connectivity index (χ0n) is 9.14. The summed E-state index contributed by atoms with van der Waals surface area (Å²) in [7, 11) is 0. The SMILES string of the molecule is Cc1csc2c(N3CCSCC3)ncnc12. The van der Waals surface area contributed by atoms with Gasteiger partial charge in [-0.2, -0.15) is 11.8 Å². The molecule has 3 nitrogen and oxygen atoms in total. The highest BCUT2D eigenvalue weighted by Crippen LogP contribution is 2.31. The van der Waals surface area contributed by atoms with Crippen LogP contribution < -0.4 is 4.90 Å². The Kier molecular flexibility index (Phi) is 2.73. The molecule has 0 saturated carbocycles. The third kappa shape index (κ3) is 1.68. The molecule has 5 heteroatoms. The van der Waals surface area contributed by atoms with Crippen LogP contribution in [0.2, 0.25) is 0 Å². The highest BCUT2D eigenvalue weighted by Gasteiger charge is 2.16. The Morgan fingerprint density at radius 1 is 1.25 bits per heavy atom. The second-order valence-electron chi connectivity index (χ2n) is 3.89. The van der Waals surface area contributed by atoms with Crippen molar-refractivity contribution in [2.24, 2.45) is 0 Å². The molecule has 0 N–H and O–H groups in total. The molecule has 1 aliphatic rings. The van der Waals surface area contributed by atoms with Crippen LogP contribution in [-0.2, 0) is 0 Å². The first-order valence-electron chi connectivity index (χ1n) is 5.38. The van der Waals surface area contributed by atoms with Gasteiger partial charge in [0.1, 0.15) is 12.1 Å². The predicted molar refractivity (Wildman–Crippen MR) is 71.7 cm³/mol. The number of thiophene rings is 1. The summed E-state index contributed by atoms with van der Waals surface area (Å²) in [6, 6.07) is 0. The van der Waals surface area contributed by atoms with Gasteiger partial charge in [0, 0.05) is 24.6 Å². The van der Waals surface area contributed by atoms with E-state index in [1.807, 2.05) is 11.8 Å². The van der Waals surface area contributed by atoms with E-state index in [4.69, 9.17) is 0 Å². The average Bonchev–Trinajstić information content (AvgIpc) is 2.73. The van der Waals surface area contributed by atoms with Crippen LogP contribution in [0.25, 0.3) is 10.2 Å². The number of hydrogen-bond acceptors (Lipinski definition) is 5. The van der Waals surface area contributed by atoms with Crippen molar-refractivity contribution in [1.29, 1.82) is 0 Å². The van der Waals surface area contributed by atoms with Crippen molar-refractivity contribution < 1.29 is 0 Å². The van der Waals surface area contributed by atoms with E-state index in [-0.39, 0.29) is 0 Å². The van der Waals surface area contributed by atoms with Crippen molar-refractivity contribution in [2.75, 3.05) is 29.5 Å². The number of thioether (sulfide) groups is 1. The third-order valence-electron chi connectivity index (χ3n) is 2.82. The fourth-order valence-electron chi connectivity index (χ4n) is 1.96. The first kappa shape index (κ1) is 10.4. The minimum atomic E-state index is 1.10. The van der Waals surface area contributed by atoms with Crippen LogP contribution in [0.1, 0.15) is 5.56 Å². The molecule has 1 aliphatic heterocycles. The monoisotopic (exact) mass is 251 g/mol. The molecule has 2 aromatic heterocycles. The second-order valence-corrected chi connectivity index (χ2v) is 6.00. The van der Waals surface area contributed by atoms with Crippen LogP contribution >= 0.6 is 23.1 Å². The molecule has 3 heterocycles. The van der Waals surface area contributed by atoms with Gasteiger partial charge in [-0.3, -0.25) is 0 Å². The van der Waals surface area contributed by atoms with E-state index < -0.39 is 0 Å². The van der Waals surface area contributed by atoms with Gasteiger partial charge in [0.15, 0.2) is 0 Å². The van der Waals surface area contributed by atoms with E-state index >= 15 is 0 Å². The lowest BCUT2D eigenvalue weighted by Gasteiger charge is -2.27. The summed E-state index contributed by atoms with van der Waals surface area (Å²) >= 11 is 3.78. The van der Waals surface area contributed by atoms with Gasteiger partial charge in [0.25, 0.3) is 0 Å². The first-order valence-corrected chi connectivity index (χ1v) is 7.41. The third-order valence-corrected chi connectivity index (χ3v) is 4.85. The lowest BCUT2D eigenvalue weighted by atomic mass is 10.3. The topological polar surface area (TPSA) is 29.0 Å². The first-order chi connectivity index (χ1) is 7.86. The van der Waals surface area contributed by atoms with Crippen LogP contribution in [0.3, 0.4) is 0 Å². The summed E-state index contributed by atoms with van der Waals surface area (Å²) in [6.07, 6.45) is 1.69. The number of fused-ring (bicyclic) bond motifs is 1. The van der Waals surface area contributed by atoms with Crippen LogP contribution in [0.15, 0.2) is 11.7 Å². The largest absolute Gasteiger partial charge is 0.354 e. The molecule has 1 saturated heterocycles. The molecule has 0 bridgehead atoms. The van der Waals surface area contributed by atoms with E-state index in [0.717, 1.165) is 24.4 Å². The molecule has 3 rings (SSSR count). The smallest absolute Gasteiger partial charge is 0.150 e. The van der Waals surface area contributed by atoms with E-state index in [1.54, 1.807) is 17.7 Å². The van der Waals surface area contributed by atoms with Crippen molar-refractivity contribution in [2.45, 2.75) is 6.92 Å². The van der Waals surface area contributed by atoms with E-state index in [9.17, 15) is 0 Å². The number of rotatable bonds is 1. The molecule has 16 heavy (non-hydrogen) atoms. The Morgan fingerprint density at radius 2 is 2.06 bits per heavy atom. The van der Waals surface area contributed by atoms with Gasteiger partial charge in [-0.05, 0) is 17.9 Å². The molecular weight excluding hydrogens is 238 g/mol. The molecule has 2 aromatic rings. The Hall–Kier alpha value is -0.810. The summed E-state index contributed by atoms with van der Waals surface area (Å²) in [6.45, 7) is 4.32. The average molecular weight is 251 g/mol. The van der Waals surface area contributed by atoms with Crippen molar-refractivity contribution >= 4 is 39.1 Å². The van der Waals surface area contributed by atoms with Crippen LogP contribution in [0.5, 0.6) is 0 Å². The lowest BCUT2D eigenvalue weighted by molar-refractivity contribution is 0.843. The zero-order chi connectivity index (χ0) is 11.0. The maximum Gasteiger partial charge on any atom is 0.150 e. The molecule has 0 aromatic carbocycles. The predicted octanol–water partition coefficient (Wildman–Crippen LogP) is 2.55. The number of hydrogen-bond donors (Lipinski definition) is 0. The van der Waals surface area contributed by atoms with Gasteiger partial charge in [0.2, 0.25) is 0 Å². The van der Waals surface area contributed by atoms with Crippen LogP contribution in [0.4, 0.5) is 5.82 Å². The van der Waals surface area contributed by atoms with Crippen LogP contribution in [-0.4, -0.2) is 34.6 Å². The van der Waals surface area contributed by atoms with Gasteiger partial charge < -0.3 is 4.90 Å². The normalized spacial score (nSPS) is 16.9. The molecule has 0 unspecified atom stereocenters. The molecule has 1 fully saturated rings. The quantitative estimate of drug-likeness (QED) is 0.779. The molecule has 0 aliphatic carbocycles. The number of nitrogens with zero attached hydrogens (tertiary/aromatic N) is 3. The molecule has 84 valence electrons. The number of aromatic nitrogens is 2. The van der Waals surface area contributed by atoms with Gasteiger partial charge in [-0.1, -0.05) is 0 Å². The minimum absolute atomic E-state index is 1.10. The fourth-order valence-corrected chi connectivity index (χ4v) is 3.88. The Morgan fingerprint density at radius 3 is 2.88 bits per heavy atom. The summed E-state index contributed by atoms with van der Waals surface area (Å²) in [4.78, 5) is 11.2. The fraction of sp³-hybridized carbons (Fsp3) is 0.455. The summed E-state index contributed by atoms with van der Waals surface area (Å²) < 4.78 is 1.24. The van der Waals surface area contributed by atoms with Crippen molar-refractivity contribution in [3.8, 4) is 0 Å². The van der Waals surface area contributed by atoms with Gasteiger partial charge in [0.05, 0.1) is 10.2 Å². The molecule has 0 radical (unpaired) electrons. The molecule has 0 spiro atoms. The summed E-state index contributed by atoms with van der Waals surface area (Å²) in [5.41, 5.74) is 2.38. The number of anilines is 1. The highest BCUT2D eigenvalue weighted by molar-refractivity contribution is 7.99.